The Morgan fingerprint density at radius 2 is 1.76 bits per heavy atom. The summed E-state index contributed by atoms with van der Waals surface area (Å²) in [7, 11) is 0. The van der Waals surface area contributed by atoms with Crippen LogP contribution in [0.15, 0.2) is 24.3 Å². The maximum Gasteiger partial charge on any atom is 0.299 e. The number of piperidine rings is 1. The van der Waals surface area contributed by atoms with E-state index in [9.17, 15) is 19.5 Å². The Kier molecular flexibility index (Phi) is 6.30. The van der Waals surface area contributed by atoms with Crippen LogP contribution in [0.2, 0.25) is 0 Å². The average molecular weight is 467 g/mol. The lowest BCUT2D eigenvalue weighted by Crippen LogP contribution is -2.64. The fourth-order valence-corrected chi connectivity index (χ4v) is 7.29. The van der Waals surface area contributed by atoms with Crippen LogP contribution in [-0.2, 0) is 9.59 Å². The third-order valence-electron chi connectivity index (χ3n) is 9.28. The van der Waals surface area contributed by atoms with Crippen molar-refractivity contribution < 1.29 is 19.5 Å². The summed E-state index contributed by atoms with van der Waals surface area (Å²) >= 11 is 0. The molecule has 5 rings (SSSR count). The van der Waals surface area contributed by atoms with Crippen molar-refractivity contribution in [3.63, 3.8) is 0 Å². The molecular weight excluding hydrogens is 428 g/mol. The lowest BCUT2D eigenvalue weighted by molar-refractivity contribution is -0.158. The highest BCUT2D eigenvalue weighted by Gasteiger charge is 2.57. The predicted octanol–water partition coefficient (Wildman–Crippen LogP) is 4.35. The molecule has 0 aromatic heterocycles. The fourth-order valence-electron chi connectivity index (χ4n) is 7.29. The summed E-state index contributed by atoms with van der Waals surface area (Å²) in [6, 6.07) is 7.05. The first kappa shape index (κ1) is 23.5. The van der Waals surface area contributed by atoms with Gasteiger partial charge in [0.15, 0.2) is 0 Å². The number of aliphatic hydroxyl groups is 1. The summed E-state index contributed by atoms with van der Waals surface area (Å²) in [5.74, 6) is -0.158. The number of para-hydroxylation sites is 1. The number of nitrogens with zero attached hydrogens (tertiary/aromatic N) is 2. The van der Waals surface area contributed by atoms with Crippen LogP contribution in [0.5, 0.6) is 0 Å². The number of carbonyl (C=O) groups is 3. The zero-order valence-corrected chi connectivity index (χ0v) is 20.4. The molecule has 2 amide bonds. The number of fused-ring (bicyclic) bond motifs is 1. The number of anilines is 1. The number of hydrogen-bond donors (Lipinski definition) is 1. The summed E-state index contributed by atoms with van der Waals surface area (Å²) in [5.41, 5.74) is -0.522. The maximum absolute atomic E-state index is 13.5. The van der Waals surface area contributed by atoms with E-state index in [4.69, 9.17) is 0 Å². The number of carbonyl (C=O) groups excluding carboxylic acids is 3. The molecule has 2 saturated carbocycles. The topological polar surface area (TPSA) is 77.9 Å². The van der Waals surface area contributed by atoms with Gasteiger partial charge in [-0.2, -0.15) is 0 Å². The second-order valence-corrected chi connectivity index (χ2v) is 11.4. The lowest BCUT2D eigenvalue weighted by atomic mass is 9.65. The first-order valence-electron chi connectivity index (χ1n) is 13.3. The van der Waals surface area contributed by atoms with E-state index in [-0.39, 0.29) is 18.4 Å². The van der Waals surface area contributed by atoms with Gasteiger partial charge in [0.2, 0.25) is 5.91 Å². The maximum atomic E-state index is 13.5. The highest BCUT2D eigenvalue weighted by atomic mass is 16.3. The van der Waals surface area contributed by atoms with E-state index in [2.05, 4.69) is 6.92 Å². The molecule has 1 aromatic rings. The van der Waals surface area contributed by atoms with Gasteiger partial charge in [0, 0.05) is 24.4 Å². The van der Waals surface area contributed by atoms with E-state index in [1.165, 1.54) is 37.0 Å². The molecule has 2 aliphatic carbocycles. The highest BCUT2D eigenvalue weighted by Crippen LogP contribution is 2.52. The molecule has 0 bridgehead atoms. The van der Waals surface area contributed by atoms with Gasteiger partial charge in [-0.1, -0.05) is 64.0 Å². The molecule has 6 nitrogen and oxygen atoms in total. The van der Waals surface area contributed by atoms with Gasteiger partial charge < -0.3 is 14.9 Å². The summed E-state index contributed by atoms with van der Waals surface area (Å²) in [4.78, 5) is 42.3. The standard InChI is InChI=1S/C28H38N2O4/c1-20(17-21-9-3-2-4-10-21)25(32)29-16-15-28(34,27(18-29)13-7-8-14-27)19-30-23-12-6-5-11-22(23)24(31)26(30)33/h5-6,11-12,20-21,34H,2-4,7-10,13-19H2,1H3. The third kappa shape index (κ3) is 3.98. The van der Waals surface area contributed by atoms with Crippen molar-refractivity contribution in [2.45, 2.75) is 83.2 Å². The Hall–Kier alpha value is -2.21. The van der Waals surface area contributed by atoms with Gasteiger partial charge in [-0.25, -0.2) is 0 Å². The molecule has 3 fully saturated rings. The number of likely N-dealkylation sites (tertiary alicyclic amines) is 1. The number of benzene rings is 1. The summed E-state index contributed by atoms with van der Waals surface area (Å²) in [6.45, 7) is 3.25. The molecule has 4 aliphatic rings. The molecule has 2 unspecified atom stereocenters. The Balaban J connectivity index is 1.33. The van der Waals surface area contributed by atoms with Gasteiger partial charge >= 0.3 is 0 Å². The van der Waals surface area contributed by atoms with Crippen molar-refractivity contribution >= 4 is 23.3 Å². The van der Waals surface area contributed by atoms with E-state index in [0.29, 0.717) is 36.7 Å². The van der Waals surface area contributed by atoms with Gasteiger partial charge in [-0.3, -0.25) is 14.4 Å². The quantitative estimate of drug-likeness (QED) is 0.655. The minimum absolute atomic E-state index is 0.0115. The van der Waals surface area contributed by atoms with Crippen LogP contribution in [-0.4, -0.2) is 52.8 Å². The molecule has 6 heteroatoms. The Morgan fingerprint density at radius 3 is 2.50 bits per heavy atom. The number of ketones is 1. The van der Waals surface area contributed by atoms with Crippen LogP contribution in [0, 0.1) is 17.3 Å². The second-order valence-electron chi connectivity index (χ2n) is 11.4. The predicted molar refractivity (Wildman–Crippen MR) is 131 cm³/mol. The molecule has 34 heavy (non-hydrogen) atoms. The molecule has 1 aromatic carbocycles. The van der Waals surface area contributed by atoms with Crippen LogP contribution in [0.1, 0.15) is 87.9 Å². The number of hydrogen-bond acceptors (Lipinski definition) is 4. The zero-order chi connectivity index (χ0) is 23.9. The molecule has 2 atom stereocenters. The number of β-amino-alcohol motifs (C(OH)–C–C–N with tert-alkyl or cyclic N) is 1. The largest absolute Gasteiger partial charge is 0.387 e. The minimum Gasteiger partial charge on any atom is -0.387 e. The summed E-state index contributed by atoms with van der Waals surface area (Å²) < 4.78 is 0. The summed E-state index contributed by atoms with van der Waals surface area (Å²) in [5, 5.41) is 12.1. The second kappa shape index (κ2) is 9.10. The van der Waals surface area contributed by atoms with Gasteiger partial charge in [0.05, 0.1) is 23.4 Å². The van der Waals surface area contributed by atoms with Crippen molar-refractivity contribution in [2.24, 2.45) is 17.3 Å². The van der Waals surface area contributed by atoms with Gasteiger partial charge in [-0.05, 0) is 43.7 Å². The number of rotatable bonds is 5. The van der Waals surface area contributed by atoms with Gasteiger partial charge in [0.25, 0.3) is 11.7 Å². The summed E-state index contributed by atoms with van der Waals surface area (Å²) in [6.07, 6.45) is 11.5. The molecule has 1 saturated heterocycles. The Morgan fingerprint density at radius 1 is 1.06 bits per heavy atom. The van der Waals surface area contributed by atoms with E-state index in [1.54, 1.807) is 18.2 Å². The van der Waals surface area contributed by atoms with Crippen molar-refractivity contribution in [3.8, 4) is 0 Å². The third-order valence-corrected chi connectivity index (χ3v) is 9.28. The first-order chi connectivity index (χ1) is 16.3. The normalized spacial score (nSPS) is 27.9. The zero-order valence-electron chi connectivity index (χ0n) is 20.4. The first-order valence-corrected chi connectivity index (χ1v) is 13.3. The van der Waals surface area contributed by atoms with Crippen molar-refractivity contribution in [2.75, 3.05) is 24.5 Å². The smallest absolute Gasteiger partial charge is 0.299 e. The lowest BCUT2D eigenvalue weighted by Gasteiger charge is -2.53. The fraction of sp³-hybridized carbons (Fsp3) is 0.679. The molecule has 184 valence electrons. The average Bonchev–Trinajstić information content (AvgIpc) is 3.41. The monoisotopic (exact) mass is 466 g/mol. The van der Waals surface area contributed by atoms with E-state index < -0.39 is 22.7 Å². The van der Waals surface area contributed by atoms with Crippen LogP contribution >= 0.6 is 0 Å². The number of amides is 2. The molecule has 1 N–H and O–H groups in total. The highest BCUT2D eigenvalue weighted by molar-refractivity contribution is 6.52. The molecule has 2 aliphatic heterocycles. The molecule has 1 spiro atoms. The van der Waals surface area contributed by atoms with E-state index in [0.717, 1.165) is 32.1 Å². The Bertz CT molecular complexity index is 963. The van der Waals surface area contributed by atoms with Crippen LogP contribution in [0.25, 0.3) is 0 Å². The molecule has 0 radical (unpaired) electrons. The van der Waals surface area contributed by atoms with Crippen LogP contribution in [0.3, 0.4) is 0 Å². The van der Waals surface area contributed by atoms with Crippen molar-refractivity contribution in [1.82, 2.24) is 4.90 Å². The minimum atomic E-state index is -1.11. The van der Waals surface area contributed by atoms with E-state index in [1.807, 2.05) is 11.0 Å². The van der Waals surface area contributed by atoms with Crippen LogP contribution in [0.4, 0.5) is 5.69 Å². The number of Topliss-reactive ketones (excluding diaryl/α,β-unsaturated/α-hetero) is 1. The van der Waals surface area contributed by atoms with Gasteiger partial charge in [0.1, 0.15) is 0 Å². The molecule has 2 heterocycles. The Labute approximate surface area is 202 Å². The SMILES string of the molecule is CC(CC1CCCCC1)C(=O)N1CCC(O)(CN2C(=O)C(=O)c3ccccc32)C2(CCCC2)C1. The van der Waals surface area contributed by atoms with Crippen molar-refractivity contribution in [1.29, 1.82) is 0 Å². The molecular formula is C28H38N2O4. The van der Waals surface area contributed by atoms with Crippen molar-refractivity contribution in [3.05, 3.63) is 29.8 Å². The van der Waals surface area contributed by atoms with Gasteiger partial charge in [-0.15, -0.1) is 0 Å². The van der Waals surface area contributed by atoms with E-state index >= 15 is 0 Å². The van der Waals surface area contributed by atoms with Crippen LogP contribution < -0.4 is 4.90 Å².